The fourth-order valence-corrected chi connectivity index (χ4v) is 2.73. The molecule has 20 heavy (non-hydrogen) atoms. The molecule has 0 bridgehead atoms. The highest BCUT2D eigenvalue weighted by atomic mass is 32.1. The van der Waals surface area contributed by atoms with Crippen LogP contribution in [0.15, 0.2) is 12.4 Å². The van der Waals surface area contributed by atoms with Crippen LogP contribution in [0.5, 0.6) is 5.75 Å². The summed E-state index contributed by atoms with van der Waals surface area (Å²) in [6.07, 6.45) is 3.45. The molecule has 0 saturated carbocycles. The Hall–Kier alpha value is -1.50. The first-order valence-corrected chi connectivity index (χ1v) is 7.27. The number of hydrogen-bond donors (Lipinski definition) is 3. The van der Waals surface area contributed by atoms with Gasteiger partial charge in [-0.25, -0.2) is 4.98 Å². The molecule has 2 heterocycles. The van der Waals surface area contributed by atoms with Gasteiger partial charge in [-0.3, -0.25) is 4.98 Å². The monoisotopic (exact) mass is 293 g/mol. The smallest absolute Gasteiger partial charge is 0.141 e. The fourth-order valence-electron chi connectivity index (χ4n) is 1.93. The van der Waals surface area contributed by atoms with Gasteiger partial charge < -0.3 is 15.5 Å². The quantitative estimate of drug-likeness (QED) is 0.787. The molecule has 1 unspecified atom stereocenters. The third-order valence-electron chi connectivity index (χ3n) is 3.20. The molecule has 0 spiro atoms. The molecule has 2 aromatic rings. The lowest BCUT2D eigenvalue weighted by Crippen LogP contribution is -2.19. The Morgan fingerprint density at radius 1 is 1.30 bits per heavy atom. The summed E-state index contributed by atoms with van der Waals surface area (Å²) in [7, 11) is 0. The largest absolute Gasteiger partial charge is 0.506 e. The van der Waals surface area contributed by atoms with E-state index in [9.17, 15) is 10.2 Å². The van der Waals surface area contributed by atoms with Crippen LogP contribution in [0, 0.1) is 13.8 Å². The van der Waals surface area contributed by atoms with Crippen LogP contribution in [0.4, 0.5) is 0 Å². The van der Waals surface area contributed by atoms with Gasteiger partial charge in [-0.1, -0.05) is 0 Å². The standard InChI is InChI=1S/C14H19N3O2S/c1-8-4-17-14(20-8)10(3)16-6-12-11(7-18)5-15-9(2)13(12)19/h4-5,10,16,18-19H,6-7H2,1-3H3. The van der Waals surface area contributed by atoms with Crippen molar-refractivity contribution in [2.24, 2.45) is 0 Å². The molecule has 0 amide bonds. The minimum Gasteiger partial charge on any atom is -0.506 e. The van der Waals surface area contributed by atoms with Gasteiger partial charge in [0.1, 0.15) is 10.8 Å². The first-order chi connectivity index (χ1) is 9.52. The lowest BCUT2D eigenvalue weighted by atomic mass is 10.1. The van der Waals surface area contributed by atoms with E-state index in [0.717, 1.165) is 5.01 Å². The van der Waals surface area contributed by atoms with Gasteiger partial charge in [0.25, 0.3) is 0 Å². The average molecular weight is 293 g/mol. The zero-order valence-electron chi connectivity index (χ0n) is 11.8. The van der Waals surface area contributed by atoms with Crippen LogP contribution in [0.2, 0.25) is 0 Å². The number of aliphatic hydroxyl groups excluding tert-OH is 1. The van der Waals surface area contributed by atoms with Crippen molar-refractivity contribution in [1.29, 1.82) is 0 Å². The highest BCUT2D eigenvalue weighted by molar-refractivity contribution is 7.11. The topological polar surface area (TPSA) is 78.3 Å². The SMILES string of the molecule is Cc1cnc(C(C)NCc2c(CO)cnc(C)c2O)s1. The Kier molecular flexibility index (Phi) is 4.69. The number of aromatic hydroxyl groups is 1. The Labute approximate surface area is 122 Å². The molecular weight excluding hydrogens is 274 g/mol. The van der Waals surface area contributed by atoms with Gasteiger partial charge in [-0.2, -0.15) is 0 Å². The number of rotatable bonds is 5. The second-order valence-electron chi connectivity index (χ2n) is 4.77. The second-order valence-corrected chi connectivity index (χ2v) is 6.03. The Morgan fingerprint density at radius 3 is 2.65 bits per heavy atom. The maximum Gasteiger partial charge on any atom is 0.141 e. The van der Waals surface area contributed by atoms with E-state index >= 15 is 0 Å². The number of nitrogens with one attached hydrogen (secondary N) is 1. The molecule has 5 nitrogen and oxygen atoms in total. The molecule has 0 aliphatic heterocycles. The van der Waals surface area contributed by atoms with Crippen molar-refractivity contribution in [1.82, 2.24) is 15.3 Å². The van der Waals surface area contributed by atoms with E-state index in [1.54, 1.807) is 24.5 Å². The van der Waals surface area contributed by atoms with Crippen LogP contribution in [-0.2, 0) is 13.2 Å². The number of aromatic nitrogens is 2. The highest BCUT2D eigenvalue weighted by Gasteiger charge is 2.14. The molecular formula is C14H19N3O2S. The number of hydrogen-bond acceptors (Lipinski definition) is 6. The Bertz CT molecular complexity index is 598. The van der Waals surface area contributed by atoms with Gasteiger partial charge in [0.05, 0.1) is 18.3 Å². The summed E-state index contributed by atoms with van der Waals surface area (Å²) in [5.41, 5.74) is 1.90. The third kappa shape index (κ3) is 3.15. The van der Waals surface area contributed by atoms with Crippen LogP contribution in [0.1, 0.15) is 39.7 Å². The molecule has 1 atom stereocenters. The summed E-state index contributed by atoms with van der Waals surface area (Å²) in [6, 6.07) is 0.0908. The third-order valence-corrected chi connectivity index (χ3v) is 4.29. The van der Waals surface area contributed by atoms with Gasteiger partial charge >= 0.3 is 0 Å². The van der Waals surface area contributed by atoms with Crippen LogP contribution in [-0.4, -0.2) is 20.2 Å². The average Bonchev–Trinajstić information content (AvgIpc) is 2.86. The zero-order valence-corrected chi connectivity index (χ0v) is 12.7. The predicted molar refractivity (Wildman–Crippen MR) is 78.7 cm³/mol. The van der Waals surface area contributed by atoms with Crippen LogP contribution >= 0.6 is 11.3 Å². The molecule has 6 heteroatoms. The summed E-state index contributed by atoms with van der Waals surface area (Å²) in [4.78, 5) is 9.57. The minimum atomic E-state index is -0.136. The van der Waals surface area contributed by atoms with Crippen molar-refractivity contribution in [2.75, 3.05) is 0 Å². The van der Waals surface area contributed by atoms with Crippen molar-refractivity contribution in [2.45, 2.75) is 40.0 Å². The second kappa shape index (κ2) is 6.30. The van der Waals surface area contributed by atoms with Gasteiger partial charge in [0.2, 0.25) is 0 Å². The number of aryl methyl sites for hydroxylation is 2. The Morgan fingerprint density at radius 2 is 2.05 bits per heavy atom. The van der Waals surface area contributed by atoms with Gasteiger partial charge in [0.15, 0.2) is 0 Å². The first-order valence-electron chi connectivity index (χ1n) is 6.45. The first kappa shape index (κ1) is 14.9. The molecule has 3 N–H and O–H groups in total. The highest BCUT2D eigenvalue weighted by Crippen LogP contribution is 2.25. The number of nitrogens with zero attached hydrogens (tertiary/aromatic N) is 2. The normalized spacial score (nSPS) is 12.6. The van der Waals surface area contributed by atoms with Crippen molar-refractivity contribution >= 4 is 11.3 Å². The molecule has 2 aromatic heterocycles. The molecule has 0 aliphatic rings. The zero-order chi connectivity index (χ0) is 14.7. The van der Waals surface area contributed by atoms with Crippen LogP contribution in [0.25, 0.3) is 0 Å². The summed E-state index contributed by atoms with van der Waals surface area (Å²) in [5, 5.41) is 23.7. The van der Waals surface area contributed by atoms with E-state index in [4.69, 9.17) is 0 Å². The van der Waals surface area contributed by atoms with Gasteiger partial charge in [-0.05, 0) is 20.8 Å². The molecule has 2 rings (SSSR count). The molecule has 0 aromatic carbocycles. The van der Waals surface area contributed by atoms with Crippen LogP contribution in [0.3, 0.4) is 0 Å². The van der Waals surface area contributed by atoms with E-state index in [1.165, 1.54) is 4.88 Å². The summed E-state index contributed by atoms with van der Waals surface area (Å²) < 4.78 is 0. The number of aliphatic hydroxyl groups is 1. The van der Waals surface area contributed by atoms with E-state index in [2.05, 4.69) is 15.3 Å². The molecule has 0 saturated heterocycles. The molecule has 0 fully saturated rings. The molecule has 108 valence electrons. The lowest BCUT2D eigenvalue weighted by molar-refractivity contribution is 0.278. The van der Waals surface area contributed by atoms with Crippen molar-refractivity contribution < 1.29 is 10.2 Å². The minimum absolute atomic E-state index is 0.0908. The number of thiazole rings is 1. The molecule has 0 radical (unpaired) electrons. The van der Waals surface area contributed by atoms with Crippen molar-refractivity contribution in [3.05, 3.63) is 39.1 Å². The maximum absolute atomic E-state index is 10.1. The van der Waals surface area contributed by atoms with Crippen molar-refractivity contribution in [3.8, 4) is 5.75 Å². The summed E-state index contributed by atoms with van der Waals surface area (Å²) in [6.45, 7) is 6.12. The lowest BCUT2D eigenvalue weighted by Gasteiger charge is -2.15. The van der Waals surface area contributed by atoms with E-state index in [-0.39, 0.29) is 18.4 Å². The predicted octanol–water partition coefficient (Wildman–Crippen LogP) is 2.20. The van der Waals surface area contributed by atoms with E-state index in [1.807, 2.05) is 20.0 Å². The van der Waals surface area contributed by atoms with Gasteiger partial charge in [-0.15, -0.1) is 11.3 Å². The molecule has 0 aliphatic carbocycles. The van der Waals surface area contributed by atoms with E-state index in [0.29, 0.717) is 23.4 Å². The number of pyridine rings is 1. The Balaban J connectivity index is 2.12. The summed E-state index contributed by atoms with van der Waals surface area (Å²) >= 11 is 1.65. The van der Waals surface area contributed by atoms with Crippen LogP contribution < -0.4 is 5.32 Å². The maximum atomic E-state index is 10.1. The van der Waals surface area contributed by atoms with Gasteiger partial charge in [0, 0.05) is 34.9 Å². The summed E-state index contributed by atoms with van der Waals surface area (Å²) in [5.74, 6) is 0.145. The van der Waals surface area contributed by atoms with Crippen molar-refractivity contribution in [3.63, 3.8) is 0 Å². The van der Waals surface area contributed by atoms with E-state index < -0.39 is 0 Å². The fraction of sp³-hybridized carbons (Fsp3) is 0.429.